The minimum absolute atomic E-state index is 0.117. The standard InChI is InChI=1S/C20H20ClN3O3/c1-12-6-7-13(19(26)22-2)8-17(12)23-20(27)14-9-18(25)24(11-14)16-5-3-4-15(21)10-16/h3-8,10,14H,9,11H2,1-2H3,(H,22,26)(H,23,27). The molecule has 2 aromatic carbocycles. The van der Waals surface area contributed by atoms with Crippen LogP contribution in [0.1, 0.15) is 22.3 Å². The van der Waals surface area contributed by atoms with Crippen LogP contribution in [0.3, 0.4) is 0 Å². The third-order valence-electron chi connectivity index (χ3n) is 4.60. The lowest BCUT2D eigenvalue weighted by molar-refractivity contribution is -0.122. The zero-order valence-electron chi connectivity index (χ0n) is 15.1. The van der Waals surface area contributed by atoms with E-state index in [-0.39, 0.29) is 24.1 Å². The third kappa shape index (κ3) is 4.11. The smallest absolute Gasteiger partial charge is 0.251 e. The fourth-order valence-corrected chi connectivity index (χ4v) is 3.24. The Balaban J connectivity index is 1.74. The Morgan fingerprint density at radius 2 is 1.96 bits per heavy atom. The summed E-state index contributed by atoms with van der Waals surface area (Å²) >= 11 is 6.00. The number of aryl methyl sites for hydroxylation is 1. The maximum Gasteiger partial charge on any atom is 0.251 e. The number of amides is 3. The highest BCUT2D eigenvalue weighted by Crippen LogP contribution is 2.28. The van der Waals surface area contributed by atoms with Crippen LogP contribution in [0.15, 0.2) is 42.5 Å². The topological polar surface area (TPSA) is 78.5 Å². The Kier molecular flexibility index (Phi) is 5.46. The maximum atomic E-state index is 12.7. The number of rotatable bonds is 4. The van der Waals surface area contributed by atoms with E-state index >= 15 is 0 Å². The zero-order chi connectivity index (χ0) is 19.6. The summed E-state index contributed by atoms with van der Waals surface area (Å²) in [5.74, 6) is -1.06. The predicted octanol–water partition coefficient (Wildman–Crippen LogP) is 3.00. The molecule has 2 aromatic rings. The van der Waals surface area contributed by atoms with Gasteiger partial charge in [0, 0.05) is 42.0 Å². The van der Waals surface area contributed by atoms with Crippen LogP contribution in [0.25, 0.3) is 0 Å². The van der Waals surface area contributed by atoms with Gasteiger partial charge in [-0.3, -0.25) is 14.4 Å². The van der Waals surface area contributed by atoms with Crippen molar-refractivity contribution in [2.75, 3.05) is 23.8 Å². The second kappa shape index (κ2) is 7.80. The third-order valence-corrected chi connectivity index (χ3v) is 4.84. The van der Waals surface area contributed by atoms with E-state index in [0.29, 0.717) is 28.5 Å². The van der Waals surface area contributed by atoms with Crippen LogP contribution in [-0.2, 0) is 9.59 Å². The number of anilines is 2. The van der Waals surface area contributed by atoms with Gasteiger partial charge in [0.15, 0.2) is 0 Å². The molecule has 1 saturated heterocycles. The normalized spacial score (nSPS) is 16.3. The highest BCUT2D eigenvalue weighted by atomic mass is 35.5. The molecule has 1 heterocycles. The molecular formula is C20H20ClN3O3. The van der Waals surface area contributed by atoms with Crippen molar-refractivity contribution in [3.63, 3.8) is 0 Å². The number of nitrogens with one attached hydrogen (secondary N) is 2. The zero-order valence-corrected chi connectivity index (χ0v) is 15.8. The van der Waals surface area contributed by atoms with Crippen LogP contribution >= 0.6 is 11.6 Å². The Hall–Kier alpha value is -2.86. The van der Waals surface area contributed by atoms with Crippen LogP contribution in [0.2, 0.25) is 5.02 Å². The summed E-state index contributed by atoms with van der Waals surface area (Å²) in [6.07, 6.45) is 0.131. The van der Waals surface area contributed by atoms with E-state index in [2.05, 4.69) is 10.6 Å². The van der Waals surface area contributed by atoms with Crippen molar-refractivity contribution in [1.82, 2.24) is 5.32 Å². The summed E-state index contributed by atoms with van der Waals surface area (Å²) in [5.41, 5.74) is 2.55. The number of hydrogen-bond acceptors (Lipinski definition) is 3. The number of carbonyl (C=O) groups excluding carboxylic acids is 3. The molecule has 1 aliphatic rings. The molecule has 3 amide bonds. The summed E-state index contributed by atoms with van der Waals surface area (Å²) in [6.45, 7) is 2.14. The van der Waals surface area contributed by atoms with Crippen molar-refractivity contribution < 1.29 is 14.4 Å². The monoisotopic (exact) mass is 385 g/mol. The van der Waals surface area contributed by atoms with Crippen molar-refractivity contribution in [2.24, 2.45) is 5.92 Å². The highest BCUT2D eigenvalue weighted by molar-refractivity contribution is 6.31. The molecule has 1 fully saturated rings. The number of nitrogens with zero attached hydrogens (tertiary/aromatic N) is 1. The van der Waals surface area contributed by atoms with Crippen LogP contribution in [0, 0.1) is 12.8 Å². The quantitative estimate of drug-likeness (QED) is 0.849. The first-order valence-corrected chi connectivity index (χ1v) is 8.96. The van der Waals surface area contributed by atoms with E-state index in [1.54, 1.807) is 54.4 Å². The molecule has 0 spiro atoms. The maximum absolute atomic E-state index is 12.7. The first-order valence-electron chi connectivity index (χ1n) is 8.58. The van der Waals surface area contributed by atoms with E-state index in [1.165, 1.54) is 0 Å². The Labute approximate surface area is 162 Å². The van der Waals surface area contributed by atoms with E-state index < -0.39 is 5.92 Å². The molecule has 1 aliphatic heterocycles. The van der Waals surface area contributed by atoms with E-state index in [4.69, 9.17) is 11.6 Å². The summed E-state index contributed by atoms with van der Waals surface area (Å²) in [6, 6.07) is 12.1. The van der Waals surface area contributed by atoms with Gasteiger partial charge in [0.1, 0.15) is 0 Å². The number of benzene rings is 2. The van der Waals surface area contributed by atoms with Gasteiger partial charge >= 0.3 is 0 Å². The second-order valence-corrected chi connectivity index (χ2v) is 6.92. The predicted molar refractivity (Wildman–Crippen MR) is 105 cm³/mol. The van der Waals surface area contributed by atoms with Gasteiger partial charge in [-0.05, 0) is 42.8 Å². The van der Waals surface area contributed by atoms with Crippen LogP contribution < -0.4 is 15.5 Å². The molecule has 3 rings (SSSR count). The second-order valence-electron chi connectivity index (χ2n) is 6.48. The minimum atomic E-state index is -0.473. The van der Waals surface area contributed by atoms with E-state index in [0.717, 1.165) is 5.56 Å². The van der Waals surface area contributed by atoms with Crippen LogP contribution in [0.4, 0.5) is 11.4 Å². The summed E-state index contributed by atoms with van der Waals surface area (Å²) in [7, 11) is 1.55. The summed E-state index contributed by atoms with van der Waals surface area (Å²) in [4.78, 5) is 38.4. The molecule has 7 heteroatoms. The summed E-state index contributed by atoms with van der Waals surface area (Å²) < 4.78 is 0. The Morgan fingerprint density at radius 1 is 1.19 bits per heavy atom. The van der Waals surface area contributed by atoms with Crippen molar-refractivity contribution in [2.45, 2.75) is 13.3 Å². The van der Waals surface area contributed by atoms with Crippen molar-refractivity contribution in [3.8, 4) is 0 Å². The minimum Gasteiger partial charge on any atom is -0.355 e. The molecule has 0 radical (unpaired) electrons. The first-order chi connectivity index (χ1) is 12.9. The molecule has 1 unspecified atom stereocenters. The molecule has 1 atom stereocenters. The highest BCUT2D eigenvalue weighted by Gasteiger charge is 2.35. The van der Waals surface area contributed by atoms with Gasteiger partial charge in [0.05, 0.1) is 5.92 Å². The fraction of sp³-hybridized carbons (Fsp3) is 0.250. The van der Waals surface area contributed by atoms with Crippen molar-refractivity contribution >= 4 is 40.7 Å². The lowest BCUT2D eigenvalue weighted by atomic mass is 10.1. The van der Waals surface area contributed by atoms with Gasteiger partial charge in [-0.15, -0.1) is 0 Å². The Bertz CT molecular complexity index is 913. The van der Waals surface area contributed by atoms with Gasteiger partial charge in [-0.1, -0.05) is 23.7 Å². The molecule has 0 aromatic heterocycles. The molecule has 6 nitrogen and oxygen atoms in total. The Morgan fingerprint density at radius 3 is 2.67 bits per heavy atom. The van der Waals surface area contributed by atoms with E-state index in [1.807, 2.05) is 6.92 Å². The number of hydrogen-bond donors (Lipinski definition) is 2. The van der Waals surface area contributed by atoms with Crippen LogP contribution in [0.5, 0.6) is 0 Å². The van der Waals surface area contributed by atoms with Gasteiger partial charge in [-0.25, -0.2) is 0 Å². The lowest BCUT2D eigenvalue weighted by Crippen LogP contribution is -2.28. The van der Waals surface area contributed by atoms with Crippen molar-refractivity contribution in [3.05, 3.63) is 58.6 Å². The van der Waals surface area contributed by atoms with Gasteiger partial charge < -0.3 is 15.5 Å². The number of halogens is 1. The van der Waals surface area contributed by atoms with Crippen molar-refractivity contribution in [1.29, 1.82) is 0 Å². The number of carbonyl (C=O) groups is 3. The van der Waals surface area contributed by atoms with Crippen LogP contribution in [-0.4, -0.2) is 31.3 Å². The van der Waals surface area contributed by atoms with E-state index in [9.17, 15) is 14.4 Å². The molecule has 2 N–H and O–H groups in total. The molecule has 0 bridgehead atoms. The largest absolute Gasteiger partial charge is 0.355 e. The SMILES string of the molecule is CNC(=O)c1ccc(C)c(NC(=O)C2CC(=O)N(c3cccc(Cl)c3)C2)c1. The molecule has 140 valence electrons. The summed E-state index contributed by atoms with van der Waals surface area (Å²) in [5, 5.41) is 5.95. The average Bonchev–Trinajstić information content (AvgIpc) is 3.04. The molecule has 0 aliphatic carbocycles. The van der Waals surface area contributed by atoms with Gasteiger partial charge in [0.2, 0.25) is 11.8 Å². The lowest BCUT2D eigenvalue weighted by Gasteiger charge is -2.17. The average molecular weight is 386 g/mol. The van der Waals surface area contributed by atoms with Gasteiger partial charge in [0.25, 0.3) is 5.91 Å². The van der Waals surface area contributed by atoms with Gasteiger partial charge in [-0.2, -0.15) is 0 Å². The molecule has 0 saturated carbocycles. The molecular weight excluding hydrogens is 366 g/mol. The molecule has 27 heavy (non-hydrogen) atoms. The first kappa shape index (κ1) is 18.9. The fourth-order valence-electron chi connectivity index (χ4n) is 3.05.